The molecule has 0 unspecified atom stereocenters. The van der Waals surface area contributed by atoms with Gasteiger partial charge in [-0.05, 0) is 6.92 Å². The number of quaternary nitrogens is 2. The highest BCUT2D eigenvalue weighted by molar-refractivity contribution is 5.78. The van der Waals surface area contributed by atoms with Crippen LogP contribution in [0.2, 0.25) is 0 Å². The Kier molecular flexibility index (Phi) is 7.03. The van der Waals surface area contributed by atoms with Gasteiger partial charge in [-0.2, -0.15) is 0 Å². The Morgan fingerprint density at radius 1 is 1.28 bits per heavy atom. The Balaban J connectivity index is 1.74. The minimum Gasteiger partial charge on any atom is -0.355 e. The molecule has 4 heteroatoms. The van der Waals surface area contributed by atoms with Crippen LogP contribution in [-0.4, -0.2) is 46.2 Å². The molecule has 0 aliphatic carbocycles. The quantitative estimate of drug-likeness (QED) is 0.642. The van der Waals surface area contributed by atoms with Crippen molar-refractivity contribution in [2.75, 3.05) is 40.3 Å². The molecule has 0 bridgehead atoms. The van der Waals surface area contributed by atoms with E-state index < -0.39 is 0 Å². The van der Waals surface area contributed by atoms with Crippen LogP contribution in [0.4, 0.5) is 0 Å². The SMILES string of the molecule is Cc1cccc(C[NH+]2CCC(C(=O)NCC(C)(C)C[NH+](C)C)CC2)c1. The molecule has 1 aliphatic rings. The average molecular weight is 348 g/mol. The van der Waals surface area contributed by atoms with Crippen LogP contribution in [0, 0.1) is 18.3 Å². The minimum absolute atomic E-state index is 0.144. The van der Waals surface area contributed by atoms with Crippen molar-refractivity contribution >= 4 is 5.91 Å². The fourth-order valence-electron chi connectivity index (χ4n) is 4.07. The van der Waals surface area contributed by atoms with Crippen molar-refractivity contribution in [3.63, 3.8) is 0 Å². The summed E-state index contributed by atoms with van der Waals surface area (Å²) in [5.74, 6) is 0.459. The van der Waals surface area contributed by atoms with Gasteiger partial charge in [0.1, 0.15) is 6.54 Å². The third-order valence-corrected chi connectivity index (χ3v) is 5.17. The number of hydrogen-bond acceptors (Lipinski definition) is 1. The normalized spacial score (nSPS) is 21.4. The van der Waals surface area contributed by atoms with Gasteiger partial charge in [0.15, 0.2) is 0 Å². The third-order valence-electron chi connectivity index (χ3n) is 5.17. The van der Waals surface area contributed by atoms with E-state index in [1.54, 1.807) is 4.90 Å². The van der Waals surface area contributed by atoms with E-state index in [0.717, 1.165) is 45.6 Å². The standard InChI is InChI=1S/C21H35N3O/c1-17-7-6-8-18(13-17)14-24-11-9-19(10-12-24)20(25)22-15-21(2,3)16-23(4)5/h6-8,13,19H,9-12,14-16H2,1-5H3,(H,22,25)/p+2. The first kappa shape index (κ1) is 19.9. The summed E-state index contributed by atoms with van der Waals surface area (Å²) < 4.78 is 0. The number of likely N-dealkylation sites (tertiary alicyclic amines) is 1. The molecular formula is C21H37N3O+2. The van der Waals surface area contributed by atoms with E-state index in [1.165, 1.54) is 16.0 Å². The van der Waals surface area contributed by atoms with E-state index in [-0.39, 0.29) is 17.2 Å². The molecule has 0 radical (unpaired) electrons. The van der Waals surface area contributed by atoms with Crippen LogP contribution in [0.25, 0.3) is 0 Å². The monoisotopic (exact) mass is 347 g/mol. The summed E-state index contributed by atoms with van der Waals surface area (Å²) >= 11 is 0. The van der Waals surface area contributed by atoms with Crippen molar-refractivity contribution in [2.24, 2.45) is 11.3 Å². The number of rotatable bonds is 7. The molecule has 2 rings (SSSR count). The van der Waals surface area contributed by atoms with Crippen molar-refractivity contribution in [3.8, 4) is 0 Å². The summed E-state index contributed by atoms with van der Waals surface area (Å²) in [5.41, 5.74) is 2.88. The first-order chi connectivity index (χ1) is 11.7. The van der Waals surface area contributed by atoms with Crippen LogP contribution >= 0.6 is 0 Å². The summed E-state index contributed by atoms with van der Waals surface area (Å²) in [5, 5.41) is 3.21. The molecule has 1 fully saturated rings. The maximum atomic E-state index is 12.5. The molecule has 140 valence electrons. The van der Waals surface area contributed by atoms with Crippen molar-refractivity contribution in [3.05, 3.63) is 35.4 Å². The second kappa shape index (κ2) is 8.81. The molecule has 1 aromatic rings. The molecule has 1 aromatic carbocycles. The lowest BCUT2D eigenvalue weighted by Crippen LogP contribution is -3.11. The Bertz CT molecular complexity index is 560. The summed E-state index contributed by atoms with van der Waals surface area (Å²) in [6, 6.07) is 8.78. The Morgan fingerprint density at radius 2 is 1.96 bits per heavy atom. The van der Waals surface area contributed by atoms with E-state index in [4.69, 9.17) is 0 Å². The number of hydrogen-bond donors (Lipinski definition) is 3. The van der Waals surface area contributed by atoms with Crippen LogP contribution in [0.3, 0.4) is 0 Å². The second-order valence-corrected chi connectivity index (χ2v) is 8.96. The zero-order valence-electron chi connectivity index (χ0n) is 16.7. The first-order valence-corrected chi connectivity index (χ1v) is 9.71. The van der Waals surface area contributed by atoms with Crippen molar-refractivity contribution in [2.45, 2.75) is 40.2 Å². The summed E-state index contributed by atoms with van der Waals surface area (Å²) in [4.78, 5) is 15.5. The Hall–Kier alpha value is -1.39. The van der Waals surface area contributed by atoms with Crippen molar-refractivity contribution in [1.82, 2.24) is 5.32 Å². The van der Waals surface area contributed by atoms with Crippen molar-refractivity contribution in [1.29, 1.82) is 0 Å². The summed E-state index contributed by atoms with van der Waals surface area (Å²) in [7, 11) is 4.33. The zero-order chi connectivity index (χ0) is 18.4. The number of piperidine rings is 1. The maximum absolute atomic E-state index is 12.5. The molecule has 1 heterocycles. The highest BCUT2D eigenvalue weighted by Gasteiger charge is 2.29. The molecular weight excluding hydrogens is 310 g/mol. The van der Waals surface area contributed by atoms with Crippen molar-refractivity contribution < 1.29 is 14.6 Å². The lowest BCUT2D eigenvalue weighted by Gasteiger charge is -2.30. The molecule has 3 N–H and O–H groups in total. The van der Waals surface area contributed by atoms with Crippen LogP contribution in [0.1, 0.15) is 37.8 Å². The highest BCUT2D eigenvalue weighted by atomic mass is 16.1. The van der Waals surface area contributed by atoms with Crippen LogP contribution in [-0.2, 0) is 11.3 Å². The number of nitrogens with one attached hydrogen (secondary N) is 3. The second-order valence-electron chi connectivity index (χ2n) is 8.96. The van der Waals surface area contributed by atoms with Gasteiger partial charge in [0, 0.05) is 36.3 Å². The lowest BCUT2D eigenvalue weighted by molar-refractivity contribution is -0.919. The summed E-state index contributed by atoms with van der Waals surface area (Å²) in [6.07, 6.45) is 2.01. The summed E-state index contributed by atoms with van der Waals surface area (Å²) in [6.45, 7) is 11.7. The van der Waals surface area contributed by atoms with Gasteiger partial charge < -0.3 is 15.1 Å². The molecule has 0 atom stereocenters. The smallest absolute Gasteiger partial charge is 0.223 e. The van der Waals surface area contributed by atoms with Gasteiger partial charge in [-0.25, -0.2) is 0 Å². The fraction of sp³-hybridized carbons (Fsp3) is 0.667. The number of amides is 1. The van der Waals surface area contributed by atoms with Crippen LogP contribution in [0.5, 0.6) is 0 Å². The van der Waals surface area contributed by atoms with E-state index in [2.05, 4.69) is 64.4 Å². The number of benzene rings is 1. The molecule has 1 saturated heterocycles. The maximum Gasteiger partial charge on any atom is 0.223 e. The largest absolute Gasteiger partial charge is 0.355 e. The lowest BCUT2D eigenvalue weighted by atomic mass is 9.91. The predicted octanol–water partition coefficient (Wildman–Crippen LogP) is 0.0768. The van der Waals surface area contributed by atoms with E-state index >= 15 is 0 Å². The Labute approximate surface area is 153 Å². The molecule has 0 spiro atoms. The molecule has 0 saturated carbocycles. The van der Waals surface area contributed by atoms with Gasteiger partial charge in [-0.1, -0.05) is 43.7 Å². The van der Waals surface area contributed by atoms with Crippen LogP contribution in [0.15, 0.2) is 24.3 Å². The van der Waals surface area contributed by atoms with Gasteiger partial charge in [0.2, 0.25) is 5.91 Å². The first-order valence-electron chi connectivity index (χ1n) is 9.71. The minimum atomic E-state index is 0.144. The van der Waals surface area contributed by atoms with E-state index in [1.807, 2.05) is 0 Å². The molecule has 1 aliphatic heterocycles. The van der Waals surface area contributed by atoms with Crippen LogP contribution < -0.4 is 15.1 Å². The highest BCUT2D eigenvalue weighted by Crippen LogP contribution is 2.14. The van der Waals surface area contributed by atoms with Gasteiger partial charge in [0.25, 0.3) is 0 Å². The molecule has 1 amide bonds. The van der Waals surface area contributed by atoms with Gasteiger partial charge in [-0.15, -0.1) is 0 Å². The number of aryl methyl sites for hydroxylation is 1. The van der Waals surface area contributed by atoms with Gasteiger partial charge in [0.05, 0.1) is 33.7 Å². The number of carbonyl (C=O) groups is 1. The molecule has 0 aromatic heterocycles. The zero-order valence-corrected chi connectivity index (χ0v) is 16.7. The third kappa shape index (κ3) is 6.79. The fourth-order valence-corrected chi connectivity index (χ4v) is 4.07. The van der Waals surface area contributed by atoms with Gasteiger partial charge in [-0.3, -0.25) is 4.79 Å². The van der Waals surface area contributed by atoms with E-state index in [0.29, 0.717) is 0 Å². The molecule has 25 heavy (non-hydrogen) atoms. The number of carbonyl (C=O) groups excluding carboxylic acids is 1. The Morgan fingerprint density at radius 3 is 2.56 bits per heavy atom. The molecule has 4 nitrogen and oxygen atoms in total. The average Bonchev–Trinajstić information content (AvgIpc) is 2.52. The predicted molar refractivity (Wildman–Crippen MR) is 103 cm³/mol. The topological polar surface area (TPSA) is 38.0 Å². The van der Waals surface area contributed by atoms with Gasteiger partial charge >= 0.3 is 0 Å². The van der Waals surface area contributed by atoms with E-state index in [9.17, 15) is 4.79 Å².